The third-order valence-corrected chi connectivity index (χ3v) is 4.16. The van der Waals surface area contributed by atoms with E-state index in [1.54, 1.807) is 18.2 Å². The van der Waals surface area contributed by atoms with E-state index in [0.717, 1.165) is 0 Å². The lowest BCUT2D eigenvalue weighted by Crippen LogP contribution is -2.49. The molecule has 8 heteroatoms. The highest BCUT2D eigenvalue weighted by Crippen LogP contribution is 2.23. The van der Waals surface area contributed by atoms with Crippen LogP contribution in [0.25, 0.3) is 0 Å². The smallest absolute Gasteiger partial charge is 0.240 e. The molecule has 3 amide bonds. The molecule has 0 spiro atoms. The summed E-state index contributed by atoms with van der Waals surface area (Å²) in [5.74, 6) is -1.29. The number of primary amides is 1. The molecule has 1 fully saturated rings. The predicted octanol–water partition coefficient (Wildman–Crippen LogP) is 0.738. The molecule has 0 bridgehead atoms. The molecule has 0 saturated carbocycles. The van der Waals surface area contributed by atoms with Crippen molar-refractivity contribution in [1.82, 2.24) is 10.2 Å². The zero-order valence-corrected chi connectivity index (χ0v) is 13.2. The molecule has 1 saturated heterocycles. The van der Waals surface area contributed by atoms with Crippen LogP contribution < -0.4 is 11.1 Å². The summed E-state index contributed by atoms with van der Waals surface area (Å²) < 4.78 is 0. The van der Waals surface area contributed by atoms with Crippen LogP contribution in [0.3, 0.4) is 0 Å². The number of rotatable bonds is 3. The van der Waals surface area contributed by atoms with Crippen molar-refractivity contribution in [1.29, 1.82) is 0 Å². The molecular formula is C14H15Cl2N3O3. The van der Waals surface area contributed by atoms with E-state index in [2.05, 4.69) is 5.32 Å². The Labute approximate surface area is 137 Å². The van der Waals surface area contributed by atoms with Crippen LogP contribution >= 0.6 is 23.2 Å². The topological polar surface area (TPSA) is 92.5 Å². The summed E-state index contributed by atoms with van der Waals surface area (Å²) in [5, 5.41) is 3.37. The van der Waals surface area contributed by atoms with E-state index in [-0.39, 0.29) is 37.7 Å². The van der Waals surface area contributed by atoms with Crippen LogP contribution in [-0.4, -0.2) is 41.8 Å². The minimum Gasteiger partial charge on any atom is -0.368 e. The molecule has 118 valence electrons. The van der Waals surface area contributed by atoms with Crippen LogP contribution in [0.5, 0.6) is 0 Å². The maximum absolute atomic E-state index is 12.4. The zero-order valence-electron chi connectivity index (χ0n) is 11.6. The van der Waals surface area contributed by atoms with Gasteiger partial charge in [0.25, 0.3) is 0 Å². The van der Waals surface area contributed by atoms with Crippen molar-refractivity contribution in [3.8, 4) is 0 Å². The Morgan fingerprint density at radius 2 is 2.05 bits per heavy atom. The Bertz CT molecular complexity index is 621. The summed E-state index contributed by atoms with van der Waals surface area (Å²) in [4.78, 5) is 36.8. The summed E-state index contributed by atoms with van der Waals surface area (Å²) in [7, 11) is 0. The maximum atomic E-state index is 12.4. The highest BCUT2D eigenvalue weighted by atomic mass is 35.5. The van der Waals surface area contributed by atoms with Crippen molar-refractivity contribution in [3.63, 3.8) is 0 Å². The zero-order chi connectivity index (χ0) is 16.3. The normalized spacial score (nSPS) is 18.5. The van der Waals surface area contributed by atoms with E-state index in [1.165, 1.54) is 4.90 Å². The number of nitrogens with two attached hydrogens (primary N) is 1. The minimum absolute atomic E-state index is 0.0505. The monoisotopic (exact) mass is 343 g/mol. The molecule has 1 unspecified atom stereocenters. The second-order valence-electron chi connectivity index (χ2n) is 4.98. The summed E-state index contributed by atoms with van der Waals surface area (Å²) >= 11 is 11.8. The lowest BCUT2D eigenvalue weighted by atomic mass is 10.1. The first-order valence-corrected chi connectivity index (χ1v) is 7.43. The molecule has 0 aromatic heterocycles. The molecule has 1 aliphatic rings. The largest absolute Gasteiger partial charge is 0.368 e. The first-order chi connectivity index (χ1) is 10.4. The van der Waals surface area contributed by atoms with Crippen LogP contribution in [0.4, 0.5) is 0 Å². The summed E-state index contributed by atoms with van der Waals surface area (Å²) in [5.41, 5.74) is 5.99. The van der Waals surface area contributed by atoms with E-state index < -0.39 is 11.9 Å². The number of halogens is 2. The number of nitrogens with one attached hydrogen (secondary N) is 1. The molecule has 0 aliphatic carbocycles. The maximum Gasteiger partial charge on any atom is 0.240 e. The van der Waals surface area contributed by atoms with Crippen LogP contribution in [0.2, 0.25) is 10.0 Å². The Kier molecular flexibility index (Phi) is 5.26. The molecule has 1 aromatic rings. The van der Waals surface area contributed by atoms with Crippen LogP contribution in [-0.2, 0) is 20.8 Å². The fourth-order valence-electron chi connectivity index (χ4n) is 2.31. The molecule has 2 rings (SSSR count). The Hall–Kier alpha value is -1.79. The third kappa shape index (κ3) is 3.90. The highest BCUT2D eigenvalue weighted by molar-refractivity contribution is 6.42. The fourth-order valence-corrected chi connectivity index (χ4v) is 2.63. The van der Waals surface area contributed by atoms with Crippen molar-refractivity contribution in [2.45, 2.75) is 18.9 Å². The number of carbonyl (C=O) groups excluding carboxylic acids is 3. The first-order valence-electron chi connectivity index (χ1n) is 6.68. The molecule has 3 N–H and O–H groups in total. The summed E-state index contributed by atoms with van der Waals surface area (Å²) in [6.07, 6.45) is -0.0721. The van der Waals surface area contributed by atoms with E-state index >= 15 is 0 Å². The average Bonchev–Trinajstić information content (AvgIpc) is 2.64. The number of benzene rings is 1. The van der Waals surface area contributed by atoms with Gasteiger partial charge in [0.1, 0.15) is 6.04 Å². The number of carbonyl (C=O) groups is 3. The van der Waals surface area contributed by atoms with Crippen molar-refractivity contribution in [3.05, 3.63) is 33.8 Å². The molecule has 0 radical (unpaired) electrons. The van der Waals surface area contributed by atoms with Gasteiger partial charge in [0.05, 0.1) is 22.9 Å². The van der Waals surface area contributed by atoms with Crippen LogP contribution in [0.15, 0.2) is 18.2 Å². The summed E-state index contributed by atoms with van der Waals surface area (Å²) in [6.45, 7) is 0.523. The first kappa shape index (κ1) is 16.6. The van der Waals surface area contributed by atoms with Gasteiger partial charge in [0.15, 0.2) is 0 Å². The van der Waals surface area contributed by atoms with Gasteiger partial charge in [-0.15, -0.1) is 0 Å². The SMILES string of the molecule is NC(=O)C1CC(=O)NCCN1C(=O)Cc1ccc(Cl)c(Cl)c1. The van der Waals surface area contributed by atoms with Gasteiger partial charge in [-0.1, -0.05) is 29.3 Å². The standard InChI is InChI=1S/C14H15Cl2N3O3/c15-9-2-1-8(5-10(9)16)6-13(21)19-4-3-18-12(20)7-11(19)14(17)22/h1-2,5,11H,3-4,6-7H2,(H2,17,22)(H,18,20). The fraction of sp³-hybridized carbons (Fsp3) is 0.357. The molecule has 6 nitrogen and oxygen atoms in total. The van der Waals surface area contributed by atoms with Gasteiger partial charge < -0.3 is 16.0 Å². The van der Waals surface area contributed by atoms with Gasteiger partial charge in [0.2, 0.25) is 17.7 Å². The third-order valence-electron chi connectivity index (χ3n) is 3.42. The molecule has 1 atom stereocenters. The molecular weight excluding hydrogens is 329 g/mol. The Morgan fingerprint density at radius 1 is 1.32 bits per heavy atom. The van der Waals surface area contributed by atoms with E-state index in [4.69, 9.17) is 28.9 Å². The Morgan fingerprint density at radius 3 is 2.68 bits per heavy atom. The lowest BCUT2D eigenvalue weighted by molar-refractivity contribution is -0.139. The quantitative estimate of drug-likeness (QED) is 0.847. The van der Waals surface area contributed by atoms with Crippen molar-refractivity contribution < 1.29 is 14.4 Å². The molecule has 22 heavy (non-hydrogen) atoms. The number of hydrogen-bond donors (Lipinski definition) is 2. The molecule has 1 heterocycles. The van der Waals surface area contributed by atoms with Gasteiger partial charge in [-0.2, -0.15) is 0 Å². The second-order valence-corrected chi connectivity index (χ2v) is 5.80. The van der Waals surface area contributed by atoms with Gasteiger partial charge in [0, 0.05) is 13.1 Å². The van der Waals surface area contributed by atoms with E-state index in [9.17, 15) is 14.4 Å². The van der Waals surface area contributed by atoms with Gasteiger partial charge in [-0.25, -0.2) is 0 Å². The van der Waals surface area contributed by atoms with Gasteiger partial charge in [-0.3, -0.25) is 14.4 Å². The molecule has 1 aliphatic heterocycles. The lowest BCUT2D eigenvalue weighted by Gasteiger charge is -2.26. The average molecular weight is 344 g/mol. The van der Waals surface area contributed by atoms with Gasteiger partial charge >= 0.3 is 0 Å². The highest BCUT2D eigenvalue weighted by Gasteiger charge is 2.32. The second kappa shape index (κ2) is 6.98. The number of hydrogen-bond acceptors (Lipinski definition) is 3. The van der Waals surface area contributed by atoms with Crippen LogP contribution in [0.1, 0.15) is 12.0 Å². The number of amides is 3. The van der Waals surface area contributed by atoms with Gasteiger partial charge in [-0.05, 0) is 17.7 Å². The molecule has 1 aromatic carbocycles. The van der Waals surface area contributed by atoms with E-state index in [0.29, 0.717) is 15.6 Å². The Balaban J connectivity index is 2.16. The number of nitrogens with zero attached hydrogens (tertiary/aromatic N) is 1. The summed E-state index contributed by atoms with van der Waals surface area (Å²) in [6, 6.07) is 3.96. The minimum atomic E-state index is -0.933. The predicted molar refractivity (Wildman–Crippen MR) is 82.5 cm³/mol. The van der Waals surface area contributed by atoms with Crippen LogP contribution in [0, 0.1) is 0 Å². The van der Waals surface area contributed by atoms with Crippen molar-refractivity contribution in [2.75, 3.05) is 13.1 Å². The van der Waals surface area contributed by atoms with E-state index in [1.807, 2.05) is 0 Å². The van der Waals surface area contributed by atoms with Crippen molar-refractivity contribution in [2.24, 2.45) is 5.73 Å². The van der Waals surface area contributed by atoms with Crippen molar-refractivity contribution >= 4 is 40.9 Å².